The normalized spacial score (nSPS) is 18.9. The first kappa shape index (κ1) is 22.0. The van der Waals surface area contributed by atoms with Crippen LogP contribution in [0.15, 0.2) is 48.9 Å². The zero-order chi connectivity index (χ0) is 22.6. The van der Waals surface area contributed by atoms with Crippen molar-refractivity contribution in [2.24, 2.45) is 0 Å². The van der Waals surface area contributed by atoms with Crippen molar-refractivity contribution in [1.29, 1.82) is 5.26 Å². The third-order valence-electron chi connectivity index (χ3n) is 5.63. The summed E-state index contributed by atoms with van der Waals surface area (Å²) in [4.78, 5) is 23.3. The Bertz CT molecular complexity index is 1080. The summed E-state index contributed by atoms with van der Waals surface area (Å²) in [5.41, 5.74) is -0.353. The van der Waals surface area contributed by atoms with E-state index in [1.54, 1.807) is 24.5 Å². The molecule has 2 aliphatic rings. The minimum absolute atomic E-state index is 0.308. The molecular formula is C21H25N7O3S. The number of nitrogens with one attached hydrogen (secondary N) is 2. The standard InChI is InChI=1S/C21H25N7O3S/c22-16-21(6-7-21)26-20(29)18(25-17-4-3-8-23-14-17)15-32(30,31)28-12-10-27(11-13-28)19-5-1-2-9-24-19/h1-5,8-9,14,18,25H,6-7,10-13,15H2,(H,26,29). The molecule has 10 nitrogen and oxygen atoms in total. The number of piperazine rings is 1. The van der Waals surface area contributed by atoms with Gasteiger partial charge in [-0.25, -0.2) is 13.4 Å². The number of carbonyl (C=O) groups is 1. The molecule has 3 heterocycles. The largest absolute Gasteiger partial charge is 0.372 e. The summed E-state index contributed by atoms with van der Waals surface area (Å²) >= 11 is 0. The number of nitrogens with zero attached hydrogens (tertiary/aromatic N) is 5. The van der Waals surface area contributed by atoms with Gasteiger partial charge in [0.25, 0.3) is 0 Å². The molecule has 2 aromatic rings. The second-order valence-electron chi connectivity index (χ2n) is 7.97. The molecule has 0 radical (unpaired) electrons. The summed E-state index contributed by atoms with van der Waals surface area (Å²) in [6.07, 6.45) is 5.95. The van der Waals surface area contributed by atoms with Gasteiger partial charge in [0.1, 0.15) is 17.4 Å². The Morgan fingerprint density at radius 2 is 1.94 bits per heavy atom. The van der Waals surface area contributed by atoms with E-state index < -0.39 is 33.3 Å². The number of rotatable bonds is 8. The van der Waals surface area contributed by atoms with Gasteiger partial charge in [-0.1, -0.05) is 6.07 Å². The Labute approximate surface area is 187 Å². The molecule has 1 saturated carbocycles. The number of hydrogen-bond donors (Lipinski definition) is 2. The molecule has 168 valence electrons. The van der Waals surface area contributed by atoms with E-state index in [4.69, 9.17) is 0 Å². The number of pyridine rings is 2. The van der Waals surface area contributed by atoms with E-state index in [1.165, 1.54) is 10.5 Å². The lowest BCUT2D eigenvalue weighted by Crippen LogP contribution is -2.53. The molecule has 1 saturated heterocycles. The molecule has 2 aromatic heterocycles. The van der Waals surface area contributed by atoms with E-state index in [0.29, 0.717) is 44.7 Å². The number of hydrogen-bond acceptors (Lipinski definition) is 8. The molecule has 11 heteroatoms. The van der Waals surface area contributed by atoms with Crippen molar-refractivity contribution in [3.8, 4) is 6.07 Å². The number of aromatic nitrogens is 2. The van der Waals surface area contributed by atoms with Gasteiger partial charge in [-0.05, 0) is 37.1 Å². The summed E-state index contributed by atoms with van der Waals surface area (Å²) in [7, 11) is -3.74. The zero-order valence-corrected chi connectivity index (χ0v) is 18.3. The van der Waals surface area contributed by atoms with Crippen LogP contribution in [0.2, 0.25) is 0 Å². The van der Waals surface area contributed by atoms with Crippen LogP contribution in [-0.2, 0) is 14.8 Å². The van der Waals surface area contributed by atoms with E-state index in [0.717, 1.165) is 5.82 Å². The van der Waals surface area contributed by atoms with Gasteiger partial charge in [-0.2, -0.15) is 9.57 Å². The minimum atomic E-state index is -3.74. The van der Waals surface area contributed by atoms with Crippen LogP contribution in [0.4, 0.5) is 11.5 Å². The second kappa shape index (κ2) is 9.10. The second-order valence-corrected chi connectivity index (χ2v) is 9.99. The Morgan fingerprint density at radius 3 is 2.53 bits per heavy atom. The summed E-state index contributed by atoms with van der Waals surface area (Å²) in [5, 5.41) is 15.0. The molecule has 4 rings (SSSR count). The van der Waals surface area contributed by atoms with Crippen molar-refractivity contribution in [2.75, 3.05) is 42.1 Å². The van der Waals surface area contributed by atoms with Gasteiger partial charge < -0.3 is 15.5 Å². The van der Waals surface area contributed by atoms with Crippen LogP contribution >= 0.6 is 0 Å². The number of sulfonamides is 1. The molecule has 1 aliphatic heterocycles. The molecule has 1 atom stereocenters. The lowest BCUT2D eigenvalue weighted by Gasteiger charge is -2.35. The molecule has 32 heavy (non-hydrogen) atoms. The smallest absolute Gasteiger partial charge is 0.244 e. The van der Waals surface area contributed by atoms with Gasteiger partial charge >= 0.3 is 0 Å². The van der Waals surface area contributed by atoms with Crippen molar-refractivity contribution in [3.05, 3.63) is 48.9 Å². The van der Waals surface area contributed by atoms with Crippen LogP contribution in [0, 0.1) is 11.3 Å². The van der Waals surface area contributed by atoms with E-state index in [-0.39, 0.29) is 0 Å². The molecule has 2 N–H and O–H groups in total. The zero-order valence-electron chi connectivity index (χ0n) is 17.5. The number of carbonyl (C=O) groups excluding carboxylic acids is 1. The maximum absolute atomic E-state index is 13.2. The first-order valence-corrected chi connectivity index (χ1v) is 12.1. The van der Waals surface area contributed by atoms with E-state index in [2.05, 4.69) is 26.7 Å². The van der Waals surface area contributed by atoms with Crippen molar-refractivity contribution < 1.29 is 13.2 Å². The van der Waals surface area contributed by atoms with Gasteiger partial charge in [0.05, 0.1) is 17.5 Å². The summed E-state index contributed by atoms with van der Waals surface area (Å²) in [6, 6.07) is 10.1. The number of anilines is 2. The first-order valence-electron chi connectivity index (χ1n) is 10.4. The Balaban J connectivity index is 1.44. The number of nitriles is 1. The van der Waals surface area contributed by atoms with Crippen LogP contribution in [0.3, 0.4) is 0 Å². The lowest BCUT2D eigenvalue weighted by atomic mass is 10.2. The van der Waals surface area contributed by atoms with Gasteiger partial charge in [-0.3, -0.25) is 9.78 Å². The monoisotopic (exact) mass is 455 g/mol. The summed E-state index contributed by atoms with van der Waals surface area (Å²) < 4.78 is 27.8. The molecule has 1 amide bonds. The van der Waals surface area contributed by atoms with Gasteiger partial charge in [0, 0.05) is 44.8 Å². The highest BCUT2D eigenvalue weighted by Gasteiger charge is 2.46. The van der Waals surface area contributed by atoms with Crippen LogP contribution < -0.4 is 15.5 Å². The van der Waals surface area contributed by atoms with Crippen LogP contribution in [0.5, 0.6) is 0 Å². The predicted molar refractivity (Wildman–Crippen MR) is 119 cm³/mol. The molecule has 0 spiro atoms. The maximum atomic E-state index is 13.2. The highest BCUT2D eigenvalue weighted by molar-refractivity contribution is 7.89. The Hall–Kier alpha value is -3.23. The van der Waals surface area contributed by atoms with Crippen molar-refractivity contribution in [1.82, 2.24) is 19.6 Å². The highest BCUT2D eigenvalue weighted by Crippen LogP contribution is 2.34. The average Bonchev–Trinajstić information content (AvgIpc) is 3.60. The fourth-order valence-corrected chi connectivity index (χ4v) is 5.18. The summed E-state index contributed by atoms with van der Waals surface area (Å²) in [6.45, 7) is 1.64. The van der Waals surface area contributed by atoms with Crippen LogP contribution in [-0.4, -0.2) is 72.1 Å². The van der Waals surface area contributed by atoms with Crippen molar-refractivity contribution >= 4 is 27.4 Å². The first-order chi connectivity index (χ1) is 15.4. The van der Waals surface area contributed by atoms with Crippen LogP contribution in [0.25, 0.3) is 0 Å². The predicted octanol–water partition coefficient (Wildman–Crippen LogP) is 0.581. The van der Waals surface area contributed by atoms with Gasteiger partial charge in [0.2, 0.25) is 15.9 Å². The third-order valence-corrected chi connectivity index (χ3v) is 7.53. The topological polar surface area (TPSA) is 131 Å². The third kappa shape index (κ3) is 5.15. The van der Waals surface area contributed by atoms with E-state index in [1.807, 2.05) is 23.1 Å². The minimum Gasteiger partial charge on any atom is -0.372 e. The SMILES string of the molecule is N#CC1(NC(=O)C(CS(=O)(=O)N2CCN(c3ccccn3)CC2)Nc2cccnc2)CC1. The Morgan fingerprint density at radius 1 is 1.16 bits per heavy atom. The highest BCUT2D eigenvalue weighted by atomic mass is 32.2. The molecule has 1 unspecified atom stereocenters. The maximum Gasteiger partial charge on any atom is 0.244 e. The fourth-order valence-electron chi connectivity index (χ4n) is 3.60. The number of amides is 1. The Kier molecular flexibility index (Phi) is 6.25. The van der Waals surface area contributed by atoms with Crippen molar-refractivity contribution in [2.45, 2.75) is 24.4 Å². The van der Waals surface area contributed by atoms with Gasteiger partial charge in [0.15, 0.2) is 0 Å². The lowest BCUT2D eigenvalue weighted by molar-refractivity contribution is -0.122. The van der Waals surface area contributed by atoms with Crippen molar-refractivity contribution in [3.63, 3.8) is 0 Å². The van der Waals surface area contributed by atoms with Crippen LogP contribution in [0.1, 0.15) is 12.8 Å². The molecule has 0 aromatic carbocycles. The summed E-state index contributed by atoms with van der Waals surface area (Å²) in [5.74, 6) is -0.117. The molecular weight excluding hydrogens is 430 g/mol. The molecule has 2 fully saturated rings. The molecule has 1 aliphatic carbocycles. The quantitative estimate of drug-likeness (QED) is 0.591. The van der Waals surface area contributed by atoms with Gasteiger partial charge in [-0.15, -0.1) is 0 Å². The molecule has 0 bridgehead atoms. The van der Waals surface area contributed by atoms with E-state index in [9.17, 15) is 18.5 Å². The average molecular weight is 456 g/mol. The fraction of sp³-hybridized carbons (Fsp3) is 0.429. The van der Waals surface area contributed by atoms with E-state index >= 15 is 0 Å².